The predicted octanol–water partition coefficient (Wildman–Crippen LogP) is 1.14. The van der Waals surface area contributed by atoms with Crippen molar-refractivity contribution < 1.29 is 37.9 Å². The molecule has 0 radical (unpaired) electrons. The summed E-state index contributed by atoms with van der Waals surface area (Å²) in [6.45, 7) is 4.44. The van der Waals surface area contributed by atoms with Crippen molar-refractivity contribution in [1.82, 2.24) is 25.3 Å². The van der Waals surface area contributed by atoms with Crippen molar-refractivity contribution in [2.75, 3.05) is 63.6 Å². The molecule has 0 bridgehead atoms. The molecular formula is C34H40FN7O7. The number of carbonyl (C=O) groups is 6. The second kappa shape index (κ2) is 14.2. The largest absolute Gasteiger partial charge is 0.497 e. The van der Waals surface area contributed by atoms with Crippen LogP contribution in [0.2, 0.25) is 0 Å². The number of halogens is 1. The molecule has 4 aliphatic heterocycles. The lowest BCUT2D eigenvalue weighted by Crippen LogP contribution is -2.54. The number of amides is 6. The molecule has 4 heterocycles. The maximum absolute atomic E-state index is 14.5. The summed E-state index contributed by atoms with van der Waals surface area (Å²) < 4.78 is 19.6. The number of piperidine rings is 1. The summed E-state index contributed by atoms with van der Waals surface area (Å²) in [4.78, 5) is 83.5. The van der Waals surface area contributed by atoms with Gasteiger partial charge in [-0.2, -0.15) is 0 Å². The van der Waals surface area contributed by atoms with Gasteiger partial charge < -0.3 is 25.6 Å². The summed E-state index contributed by atoms with van der Waals surface area (Å²) in [7, 11) is 1.41. The molecule has 3 fully saturated rings. The summed E-state index contributed by atoms with van der Waals surface area (Å²) in [6, 6.07) is 6.47. The van der Waals surface area contributed by atoms with Crippen molar-refractivity contribution in [3.8, 4) is 5.75 Å². The van der Waals surface area contributed by atoms with Crippen LogP contribution in [0.1, 0.15) is 69.6 Å². The van der Waals surface area contributed by atoms with Gasteiger partial charge in [0.2, 0.25) is 17.7 Å². The smallest absolute Gasteiger partial charge is 0.264 e. The maximum atomic E-state index is 14.5. The zero-order valence-corrected chi connectivity index (χ0v) is 27.3. The minimum atomic E-state index is -1.01. The first-order valence-electron chi connectivity index (χ1n) is 16.6. The minimum absolute atomic E-state index is 0.0156. The fourth-order valence-electron chi connectivity index (χ4n) is 7.01. The van der Waals surface area contributed by atoms with Crippen LogP contribution in [0.4, 0.5) is 15.8 Å². The Hall–Kier alpha value is -5.05. The number of hydrogen-bond acceptors (Lipinski definition) is 10. The molecule has 6 amide bonds. The molecule has 0 spiro atoms. The molecule has 49 heavy (non-hydrogen) atoms. The van der Waals surface area contributed by atoms with Gasteiger partial charge in [0.25, 0.3) is 17.7 Å². The Balaban J connectivity index is 0.935. The Morgan fingerprint density at radius 2 is 1.80 bits per heavy atom. The Bertz CT molecular complexity index is 1690. The van der Waals surface area contributed by atoms with Crippen LogP contribution in [0.25, 0.3) is 0 Å². The molecule has 0 saturated carbocycles. The fourth-order valence-corrected chi connectivity index (χ4v) is 7.01. The number of benzene rings is 2. The first-order chi connectivity index (χ1) is 23.5. The van der Waals surface area contributed by atoms with Gasteiger partial charge in [-0.1, -0.05) is 6.07 Å². The number of anilines is 2. The van der Waals surface area contributed by atoms with E-state index in [9.17, 15) is 33.2 Å². The molecule has 2 aromatic rings. The van der Waals surface area contributed by atoms with E-state index in [-0.39, 0.29) is 47.4 Å². The average molecular weight is 678 g/mol. The monoisotopic (exact) mass is 677 g/mol. The van der Waals surface area contributed by atoms with Crippen LogP contribution < -0.4 is 26.0 Å². The number of nitrogens with zero attached hydrogens (tertiary/aromatic N) is 4. The molecule has 0 aliphatic carbocycles. The normalized spacial score (nSPS) is 21.2. The molecule has 2 atom stereocenters. The molecule has 2 aromatic carbocycles. The topological polar surface area (TPSA) is 175 Å². The van der Waals surface area contributed by atoms with Gasteiger partial charge in [0.05, 0.1) is 35.2 Å². The number of likely N-dealkylation sites (tertiary alicyclic amines) is 1. The van der Waals surface area contributed by atoms with Crippen LogP contribution in [0.3, 0.4) is 0 Å². The van der Waals surface area contributed by atoms with Crippen molar-refractivity contribution in [1.29, 1.82) is 0 Å². The summed E-state index contributed by atoms with van der Waals surface area (Å²) in [5.74, 6) is -3.20. The van der Waals surface area contributed by atoms with Gasteiger partial charge in [0, 0.05) is 64.2 Å². The van der Waals surface area contributed by atoms with E-state index in [4.69, 9.17) is 10.5 Å². The van der Waals surface area contributed by atoms with E-state index in [1.165, 1.54) is 19.2 Å². The maximum Gasteiger partial charge on any atom is 0.264 e. The lowest BCUT2D eigenvalue weighted by atomic mass is 10.0. The Morgan fingerprint density at radius 3 is 2.53 bits per heavy atom. The molecule has 14 nitrogen and oxygen atoms in total. The number of rotatable bonds is 10. The lowest BCUT2D eigenvalue weighted by molar-refractivity contribution is -0.136. The SMILES string of the molecule is COc1cc(N)c(F)c(C(=O)N[C@@H]2CCN(C(=O)CCCCN3CCN(c4cccc5c4C(=O)N(C4CCC(=O)NC4=O)C5=O)CC3)C2)c1. The third-order valence-corrected chi connectivity index (χ3v) is 9.70. The van der Waals surface area contributed by atoms with E-state index in [0.29, 0.717) is 56.7 Å². The molecule has 4 N–H and O–H groups in total. The molecule has 260 valence electrons. The van der Waals surface area contributed by atoms with Gasteiger partial charge in [0.1, 0.15) is 11.8 Å². The fraction of sp³-hybridized carbons (Fsp3) is 0.471. The quantitative estimate of drug-likeness (QED) is 0.188. The molecule has 4 aliphatic rings. The number of piperazine rings is 1. The number of nitrogens with two attached hydrogens (primary N) is 1. The van der Waals surface area contributed by atoms with Crippen LogP contribution in [0.15, 0.2) is 30.3 Å². The molecule has 15 heteroatoms. The van der Waals surface area contributed by atoms with Crippen LogP contribution in [-0.4, -0.2) is 115 Å². The molecule has 3 saturated heterocycles. The van der Waals surface area contributed by atoms with E-state index in [1.807, 2.05) is 6.07 Å². The van der Waals surface area contributed by atoms with Gasteiger partial charge >= 0.3 is 0 Å². The molecular weight excluding hydrogens is 637 g/mol. The van der Waals surface area contributed by atoms with Crippen molar-refractivity contribution >= 4 is 46.8 Å². The number of carbonyl (C=O) groups excluding carboxylic acids is 6. The van der Waals surface area contributed by atoms with E-state index in [2.05, 4.69) is 20.4 Å². The van der Waals surface area contributed by atoms with E-state index in [1.54, 1.807) is 17.0 Å². The predicted molar refractivity (Wildman–Crippen MR) is 175 cm³/mol. The van der Waals surface area contributed by atoms with Crippen LogP contribution in [0.5, 0.6) is 5.75 Å². The van der Waals surface area contributed by atoms with Gasteiger partial charge in [-0.05, 0) is 50.4 Å². The highest BCUT2D eigenvalue weighted by molar-refractivity contribution is 6.25. The number of fused-ring (bicyclic) bond motifs is 1. The van der Waals surface area contributed by atoms with E-state index in [0.717, 1.165) is 31.0 Å². The Morgan fingerprint density at radius 1 is 1.02 bits per heavy atom. The number of unbranched alkanes of at least 4 members (excludes halogenated alkanes) is 1. The molecule has 6 rings (SSSR count). The van der Waals surface area contributed by atoms with E-state index >= 15 is 0 Å². The van der Waals surface area contributed by atoms with Crippen LogP contribution in [0, 0.1) is 5.82 Å². The first kappa shape index (κ1) is 33.8. The standard InChI is InChI=1S/C34H40FN7O7/c1-49-21-17-23(30(35)24(36)18-21)31(45)37-20-10-12-41(19-20)28(44)7-2-3-11-39-13-15-40(16-14-39)25-6-4-5-22-29(25)34(48)42(33(22)47)26-8-9-27(43)38-32(26)46/h4-6,17-18,20,26H,2-3,7-16,19,36H2,1H3,(H,37,45)(H,38,43,46)/t20-,26?/m1/s1. The lowest BCUT2D eigenvalue weighted by Gasteiger charge is -2.36. The van der Waals surface area contributed by atoms with Crippen molar-refractivity contribution in [3.05, 3.63) is 52.8 Å². The van der Waals surface area contributed by atoms with Crippen molar-refractivity contribution in [2.24, 2.45) is 0 Å². The highest BCUT2D eigenvalue weighted by atomic mass is 19.1. The Kier molecular flexibility index (Phi) is 9.81. The molecule has 0 aromatic heterocycles. The zero-order valence-electron chi connectivity index (χ0n) is 27.3. The number of methoxy groups -OCH3 is 1. The van der Waals surface area contributed by atoms with Crippen molar-refractivity contribution in [3.63, 3.8) is 0 Å². The number of hydrogen-bond donors (Lipinski definition) is 3. The number of nitrogens with one attached hydrogen (secondary N) is 2. The van der Waals surface area contributed by atoms with Crippen molar-refractivity contribution in [2.45, 2.75) is 50.6 Å². The number of ether oxygens (including phenoxy) is 1. The first-order valence-corrected chi connectivity index (χ1v) is 16.6. The average Bonchev–Trinajstić information content (AvgIpc) is 3.66. The second-order valence-electron chi connectivity index (χ2n) is 12.8. The highest BCUT2D eigenvalue weighted by Crippen LogP contribution is 2.34. The second-order valence-corrected chi connectivity index (χ2v) is 12.8. The summed E-state index contributed by atoms with van der Waals surface area (Å²) in [5, 5.41) is 5.03. The Labute approximate surface area is 282 Å². The number of imide groups is 2. The zero-order chi connectivity index (χ0) is 34.8. The third-order valence-electron chi connectivity index (χ3n) is 9.70. The van der Waals surface area contributed by atoms with Gasteiger partial charge in [-0.25, -0.2) is 4.39 Å². The van der Waals surface area contributed by atoms with Gasteiger partial charge in [0.15, 0.2) is 5.82 Å². The molecule has 1 unspecified atom stereocenters. The highest BCUT2D eigenvalue weighted by Gasteiger charge is 2.46. The van der Waals surface area contributed by atoms with E-state index < -0.39 is 41.4 Å². The third kappa shape index (κ3) is 6.93. The minimum Gasteiger partial charge on any atom is -0.497 e. The number of nitrogen functional groups attached to an aromatic ring is 1. The van der Waals surface area contributed by atoms with Crippen LogP contribution >= 0.6 is 0 Å². The van der Waals surface area contributed by atoms with Gasteiger partial charge in [-0.3, -0.25) is 43.9 Å². The van der Waals surface area contributed by atoms with Crippen LogP contribution in [-0.2, 0) is 14.4 Å². The summed E-state index contributed by atoms with van der Waals surface area (Å²) in [5.41, 5.74) is 6.51. The summed E-state index contributed by atoms with van der Waals surface area (Å²) >= 11 is 0. The summed E-state index contributed by atoms with van der Waals surface area (Å²) in [6.07, 6.45) is 2.66. The van der Waals surface area contributed by atoms with Gasteiger partial charge in [-0.15, -0.1) is 0 Å².